The molecular weight excluding hydrogens is 274 g/mol. The van der Waals surface area contributed by atoms with E-state index in [2.05, 4.69) is 49.0 Å². The summed E-state index contributed by atoms with van der Waals surface area (Å²) in [7, 11) is 0. The quantitative estimate of drug-likeness (QED) is 0.805. The van der Waals surface area contributed by atoms with Gasteiger partial charge in [-0.25, -0.2) is 0 Å². The zero-order valence-corrected chi connectivity index (χ0v) is 12.4. The number of pyridine rings is 2. The van der Waals surface area contributed by atoms with Crippen molar-refractivity contribution in [2.24, 2.45) is 0 Å². The number of piperazine rings is 1. The smallest absolute Gasteiger partial charge is 0.0882 e. The van der Waals surface area contributed by atoms with Crippen LogP contribution in [-0.2, 0) is 6.54 Å². The largest absolute Gasteiger partial charge is 0.369 e. The van der Waals surface area contributed by atoms with E-state index in [0.717, 1.165) is 43.8 Å². The second-order valence-electron chi connectivity index (χ2n) is 5.70. The molecule has 0 spiro atoms. The fourth-order valence-corrected chi connectivity index (χ4v) is 3.06. The van der Waals surface area contributed by atoms with Gasteiger partial charge in [-0.05, 0) is 30.3 Å². The van der Waals surface area contributed by atoms with Gasteiger partial charge in [0.2, 0.25) is 0 Å². The van der Waals surface area contributed by atoms with Gasteiger partial charge in [-0.2, -0.15) is 0 Å². The Bertz CT molecular complexity index is 711. The van der Waals surface area contributed by atoms with Crippen molar-refractivity contribution < 1.29 is 0 Å². The van der Waals surface area contributed by atoms with E-state index in [4.69, 9.17) is 0 Å². The van der Waals surface area contributed by atoms with Crippen LogP contribution < -0.4 is 4.90 Å². The first-order valence-corrected chi connectivity index (χ1v) is 7.68. The van der Waals surface area contributed by atoms with Crippen molar-refractivity contribution in [3.05, 3.63) is 54.6 Å². The molecule has 112 valence electrons. The number of hydrogen-bond acceptors (Lipinski definition) is 4. The zero-order chi connectivity index (χ0) is 14.8. The molecule has 0 bridgehead atoms. The third kappa shape index (κ3) is 2.67. The molecular formula is C17H19N5. The average molecular weight is 293 g/mol. The van der Waals surface area contributed by atoms with Gasteiger partial charge >= 0.3 is 0 Å². The highest BCUT2D eigenvalue weighted by Gasteiger charge is 2.17. The molecule has 4 rings (SSSR count). The summed E-state index contributed by atoms with van der Waals surface area (Å²) < 4.78 is 0. The van der Waals surface area contributed by atoms with Crippen molar-refractivity contribution in [1.29, 1.82) is 0 Å². The summed E-state index contributed by atoms with van der Waals surface area (Å²) in [5, 5.41) is 0. The van der Waals surface area contributed by atoms with E-state index in [1.54, 1.807) is 0 Å². The maximum atomic E-state index is 4.38. The van der Waals surface area contributed by atoms with Gasteiger partial charge in [0.25, 0.3) is 0 Å². The monoisotopic (exact) mass is 293 g/mol. The van der Waals surface area contributed by atoms with Crippen LogP contribution in [0.4, 0.5) is 5.69 Å². The van der Waals surface area contributed by atoms with Crippen LogP contribution in [0, 0.1) is 0 Å². The number of aromatic nitrogens is 3. The lowest BCUT2D eigenvalue weighted by molar-refractivity contribution is 0.247. The Morgan fingerprint density at radius 1 is 1.00 bits per heavy atom. The van der Waals surface area contributed by atoms with E-state index in [1.165, 1.54) is 11.4 Å². The predicted octanol–water partition coefficient (Wildman–Crippen LogP) is 2.28. The SMILES string of the molecule is c1cnc2cc(CN3CCN(c4ccncc4)CC3)[nH]c2c1. The molecule has 1 aliphatic rings. The van der Waals surface area contributed by atoms with Crippen molar-refractivity contribution >= 4 is 16.7 Å². The van der Waals surface area contributed by atoms with E-state index in [1.807, 2.05) is 24.7 Å². The third-order valence-corrected chi connectivity index (χ3v) is 4.24. The van der Waals surface area contributed by atoms with E-state index < -0.39 is 0 Å². The second-order valence-corrected chi connectivity index (χ2v) is 5.70. The topological polar surface area (TPSA) is 48.1 Å². The lowest BCUT2D eigenvalue weighted by atomic mass is 10.2. The Kier molecular flexibility index (Phi) is 3.48. The predicted molar refractivity (Wildman–Crippen MR) is 87.8 cm³/mol. The number of anilines is 1. The minimum atomic E-state index is 0.959. The minimum absolute atomic E-state index is 0.959. The Hall–Kier alpha value is -2.40. The van der Waals surface area contributed by atoms with Crippen LogP contribution in [0.1, 0.15) is 5.69 Å². The van der Waals surface area contributed by atoms with Gasteiger partial charge in [0.05, 0.1) is 11.0 Å². The molecule has 5 heteroatoms. The minimum Gasteiger partial charge on any atom is -0.369 e. The molecule has 1 aliphatic heterocycles. The summed E-state index contributed by atoms with van der Waals surface area (Å²) in [6.45, 7) is 5.22. The molecule has 3 aromatic rings. The Labute approximate surface area is 129 Å². The molecule has 1 saturated heterocycles. The number of nitrogens with zero attached hydrogens (tertiary/aromatic N) is 4. The van der Waals surface area contributed by atoms with E-state index in [0.29, 0.717) is 0 Å². The average Bonchev–Trinajstić information content (AvgIpc) is 2.98. The molecule has 1 fully saturated rings. The Balaban J connectivity index is 1.39. The summed E-state index contributed by atoms with van der Waals surface area (Å²) in [5.41, 5.74) is 4.68. The van der Waals surface area contributed by atoms with Gasteiger partial charge in [-0.3, -0.25) is 14.9 Å². The van der Waals surface area contributed by atoms with Crippen molar-refractivity contribution in [1.82, 2.24) is 19.9 Å². The van der Waals surface area contributed by atoms with Crippen molar-refractivity contribution in [2.75, 3.05) is 31.1 Å². The van der Waals surface area contributed by atoms with Gasteiger partial charge < -0.3 is 9.88 Å². The molecule has 0 unspecified atom stereocenters. The maximum absolute atomic E-state index is 4.38. The van der Waals surface area contributed by atoms with Gasteiger partial charge in [-0.1, -0.05) is 0 Å². The van der Waals surface area contributed by atoms with Crippen LogP contribution in [0.3, 0.4) is 0 Å². The molecule has 0 aliphatic carbocycles. The van der Waals surface area contributed by atoms with Crippen LogP contribution >= 0.6 is 0 Å². The summed E-state index contributed by atoms with van der Waals surface area (Å²) in [5.74, 6) is 0. The lowest BCUT2D eigenvalue weighted by Gasteiger charge is -2.35. The molecule has 5 nitrogen and oxygen atoms in total. The van der Waals surface area contributed by atoms with Gasteiger partial charge in [-0.15, -0.1) is 0 Å². The third-order valence-electron chi connectivity index (χ3n) is 4.24. The van der Waals surface area contributed by atoms with E-state index in [9.17, 15) is 0 Å². The van der Waals surface area contributed by atoms with E-state index in [-0.39, 0.29) is 0 Å². The normalized spacial score (nSPS) is 16.3. The first-order chi connectivity index (χ1) is 10.9. The van der Waals surface area contributed by atoms with E-state index >= 15 is 0 Å². The Morgan fingerprint density at radius 2 is 1.82 bits per heavy atom. The van der Waals surface area contributed by atoms with Gasteiger partial charge in [0, 0.05) is 62.7 Å². The number of nitrogens with one attached hydrogen (secondary N) is 1. The summed E-state index contributed by atoms with van der Waals surface area (Å²) >= 11 is 0. The Morgan fingerprint density at radius 3 is 2.59 bits per heavy atom. The molecule has 1 N–H and O–H groups in total. The zero-order valence-electron chi connectivity index (χ0n) is 12.4. The molecule has 0 aromatic carbocycles. The molecule has 3 aromatic heterocycles. The maximum Gasteiger partial charge on any atom is 0.0882 e. The van der Waals surface area contributed by atoms with Crippen LogP contribution in [0.25, 0.3) is 11.0 Å². The summed E-state index contributed by atoms with van der Waals surface area (Å²) in [6, 6.07) is 10.4. The molecule has 0 atom stereocenters. The van der Waals surface area contributed by atoms with Crippen molar-refractivity contribution in [3.63, 3.8) is 0 Å². The summed E-state index contributed by atoms with van der Waals surface area (Å²) in [4.78, 5) is 16.8. The van der Waals surface area contributed by atoms with Crippen LogP contribution in [0.2, 0.25) is 0 Å². The number of fused-ring (bicyclic) bond motifs is 1. The number of rotatable bonds is 3. The first kappa shape index (κ1) is 13.3. The first-order valence-electron chi connectivity index (χ1n) is 7.68. The highest BCUT2D eigenvalue weighted by Crippen LogP contribution is 2.17. The molecule has 4 heterocycles. The van der Waals surface area contributed by atoms with Crippen molar-refractivity contribution in [2.45, 2.75) is 6.54 Å². The molecule has 0 radical (unpaired) electrons. The van der Waals surface area contributed by atoms with Crippen molar-refractivity contribution in [3.8, 4) is 0 Å². The molecule has 0 amide bonds. The summed E-state index contributed by atoms with van der Waals surface area (Å²) in [6.07, 6.45) is 5.56. The number of aromatic amines is 1. The number of hydrogen-bond donors (Lipinski definition) is 1. The standard InChI is InChI=1S/C17H19N5/c1-2-16-17(19-5-1)12-14(20-16)13-21-8-10-22(11-9-21)15-3-6-18-7-4-15/h1-7,12,20H,8-11,13H2. The molecule has 22 heavy (non-hydrogen) atoms. The lowest BCUT2D eigenvalue weighted by Crippen LogP contribution is -2.46. The highest BCUT2D eigenvalue weighted by molar-refractivity contribution is 5.75. The second kappa shape index (κ2) is 5.77. The van der Waals surface area contributed by atoms with Crippen LogP contribution in [0.15, 0.2) is 48.9 Å². The fraction of sp³-hybridized carbons (Fsp3) is 0.294. The van der Waals surface area contributed by atoms with Crippen LogP contribution in [-0.4, -0.2) is 46.0 Å². The van der Waals surface area contributed by atoms with Gasteiger partial charge in [0.1, 0.15) is 0 Å². The fourth-order valence-electron chi connectivity index (χ4n) is 3.06. The van der Waals surface area contributed by atoms with Gasteiger partial charge in [0.15, 0.2) is 0 Å². The highest BCUT2D eigenvalue weighted by atomic mass is 15.3. The van der Waals surface area contributed by atoms with Crippen LogP contribution in [0.5, 0.6) is 0 Å². The molecule has 0 saturated carbocycles. The number of H-pyrrole nitrogens is 1.